The van der Waals surface area contributed by atoms with Crippen LogP contribution in [-0.2, 0) is 11.3 Å². The van der Waals surface area contributed by atoms with Crippen LogP contribution in [0.25, 0.3) is 0 Å². The molecule has 0 spiro atoms. The summed E-state index contributed by atoms with van der Waals surface area (Å²) >= 11 is 0. The van der Waals surface area contributed by atoms with Gasteiger partial charge >= 0.3 is 0 Å². The zero-order valence-corrected chi connectivity index (χ0v) is 13.3. The summed E-state index contributed by atoms with van der Waals surface area (Å²) in [5.41, 5.74) is 6.98. The first kappa shape index (κ1) is 15.5. The molecule has 2 atom stereocenters. The first-order valence-electron chi connectivity index (χ1n) is 8.31. The van der Waals surface area contributed by atoms with E-state index >= 15 is 0 Å². The number of aryl methyl sites for hydroxylation is 1. The summed E-state index contributed by atoms with van der Waals surface area (Å²) in [6, 6.07) is 2.18. The molecule has 1 aromatic rings. The Morgan fingerprint density at radius 2 is 2.14 bits per heavy atom. The molecule has 0 bridgehead atoms. The molecule has 0 radical (unpaired) electrons. The van der Waals surface area contributed by atoms with Crippen molar-refractivity contribution in [3.8, 4) is 0 Å². The molecule has 1 saturated carbocycles. The smallest absolute Gasteiger partial charge is 0.225 e. The standard InChI is InChI=1S/C16H26N4O2/c1-12-9-15(18-22-12)11-19-5-7-20(8-6-19)16(21)13-3-2-4-14(17)10-13/h9,13-14H,2-8,10-11,17H2,1H3/t13-,14-/m0/s1. The van der Waals surface area contributed by atoms with E-state index in [0.29, 0.717) is 5.91 Å². The predicted molar refractivity (Wildman–Crippen MR) is 83.0 cm³/mol. The SMILES string of the molecule is Cc1cc(CN2CCN(C(=O)[C@H]3CCC[C@H](N)C3)CC2)no1. The summed E-state index contributed by atoms with van der Waals surface area (Å²) in [5, 5.41) is 4.03. The Bertz CT molecular complexity index is 508. The summed E-state index contributed by atoms with van der Waals surface area (Å²) in [5.74, 6) is 1.30. The van der Waals surface area contributed by atoms with Gasteiger partial charge in [-0.3, -0.25) is 9.69 Å². The molecule has 2 aliphatic rings. The van der Waals surface area contributed by atoms with Gasteiger partial charge in [0.2, 0.25) is 5.91 Å². The molecule has 1 saturated heterocycles. The fraction of sp³-hybridized carbons (Fsp3) is 0.750. The van der Waals surface area contributed by atoms with Gasteiger partial charge in [0.25, 0.3) is 0 Å². The fourth-order valence-corrected chi connectivity index (χ4v) is 3.56. The third-order valence-corrected chi connectivity index (χ3v) is 4.81. The number of hydrogen-bond donors (Lipinski definition) is 1. The number of carbonyl (C=O) groups excluding carboxylic acids is 1. The van der Waals surface area contributed by atoms with Crippen LogP contribution in [-0.4, -0.2) is 53.1 Å². The zero-order valence-electron chi connectivity index (χ0n) is 13.3. The number of nitrogens with zero attached hydrogens (tertiary/aromatic N) is 3. The first-order valence-corrected chi connectivity index (χ1v) is 8.31. The van der Waals surface area contributed by atoms with Gasteiger partial charge in [0.15, 0.2) is 0 Å². The number of piperazine rings is 1. The van der Waals surface area contributed by atoms with Crippen molar-refractivity contribution in [3.05, 3.63) is 17.5 Å². The molecular formula is C16H26N4O2. The molecule has 6 nitrogen and oxygen atoms in total. The minimum absolute atomic E-state index is 0.147. The molecule has 1 aliphatic carbocycles. The van der Waals surface area contributed by atoms with Gasteiger partial charge in [0.05, 0.1) is 5.69 Å². The van der Waals surface area contributed by atoms with E-state index in [4.69, 9.17) is 10.3 Å². The molecule has 6 heteroatoms. The minimum atomic E-state index is 0.147. The molecule has 0 aromatic carbocycles. The molecule has 2 fully saturated rings. The highest BCUT2D eigenvalue weighted by Crippen LogP contribution is 2.25. The van der Waals surface area contributed by atoms with Crippen LogP contribution in [0, 0.1) is 12.8 Å². The highest BCUT2D eigenvalue weighted by molar-refractivity contribution is 5.79. The normalized spacial score (nSPS) is 27.1. The highest BCUT2D eigenvalue weighted by Gasteiger charge is 2.30. The quantitative estimate of drug-likeness (QED) is 0.906. The van der Waals surface area contributed by atoms with Crippen LogP contribution in [0.3, 0.4) is 0 Å². The Balaban J connectivity index is 1.47. The van der Waals surface area contributed by atoms with Gasteiger partial charge in [-0.05, 0) is 26.2 Å². The Morgan fingerprint density at radius 3 is 2.77 bits per heavy atom. The van der Waals surface area contributed by atoms with Crippen LogP contribution >= 0.6 is 0 Å². The predicted octanol–water partition coefficient (Wildman–Crippen LogP) is 1.14. The van der Waals surface area contributed by atoms with Gasteiger partial charge in [0, 0.05) is 50.7 Å². The number of carbonyl (C=O) groups is 1. The van der Waals surface area contributed by atoms with Crippen molar-refractivity contribution in [2.45, 2.75) is 45.2 Å². The largest absolute Gasteiger partial charge is 0.361 e. The van der Waals surface area contributed by atoms with Crippen molar-refractivity contribution in [1.29, 1.82) is 0 Å². The maximum absolute atomic E-state index is 12.6. The summed E-state index contributed by atoms with van der Waals surface area (Å²) in [6.07, 6.45) is 4.01. The van der Waals surface area contributed by atoms with E-state index in [-0.39, 0.29) is 12.0 Å². The summed E-state index contributed by atoms with van der Waals surface area (Å²) < 4.78 is 5.10. The van der Waals surface area contributed by atoms with Gasteiger partial charge in [-0.15, -0.1) is 0 Å². The minimum Gasteiger partial charge on any atom is -0.361 e. The van der Waals surface area contributed by atoms with E-state index in [2.05, 4.69) is 10.1 Å². The Kier molecular flexibility index (Phi) is 4.78. The van der Waals surface area contributed by atoms with Gasteiger partial charge in [0.1, 0.15) is 5.76 Å². The molecule has 0 unspecified atom stereocenters. The van der Waals surface area contributed by atoms with Gasteiger partial charge in [-0.25, -0.2) is 0 Å². The Morgan fingerprint density at radius 1 is 1.36 bits per heavy atom. The maximum atomic E-state index is 12.6. The van der Waals surface area contributed by atoms with Crippen molar-refractivity contribution < 1.29 is 9.32 Å². The Hall–Kier alpha value is -1.40. The zero-order chi connectivity index (χ0) is 15.5. The van der Waals surface area contributed by atoms with Crippen molar-refractivity contribution in [2.75, 3.05) is 26.2 Å². The Labute approximate surface area is 131 Å². The third kappa shape index (κ3) is 3.67. The van der Waals surface area contributed by atoms with E-state index in [1.54, 1.807) is 0 Å². The average molecular weight is 306 g/mol. The fourth-order valence-electron chi connectivity index (χ4n) is 3.56. The molecule has 2 N–H and O–H groups in total. The van der Waals surface area contributed by atoms with Crippen molar-refractivity contribution in [3.63, 3.8) is 0 Å². The molecular weight excluding hydrogens is 280 g/mol. The molecule has 1 amide bonds. The van der Waals surface area contributed by atoms with Crippen molar-refractivity contribution in [1.82, 2.24) is 15.0 Å². The second-order valence-corrected chi connectivity index (χ2v) is 6.65. The summed E-state index contributed by atoms with van der Waals surface area (Å²) in [4.78, 5) is 16.9. The second kappa shape index (κ2) is 6.79. The van der Waals surface area contributed by atoms with Crippen LogP contribution < -0.4 is 5.73 Å². The molecule has 3 rings (SSSR count). The van der Waals surface area contributed by atoms with Crippen LogP contribution in [0.4, 0.5) is 0 Å². The number of hydrogen-bond acceptors (Lipinski definition) is 5. The molecule has 2 heterocycles. The van der Waals surface area contributed by atoms with Crippen LogP contribution in [0.5, 0.6) is 0 Å². The molecule has 122 valence electrons. The van der Waals surface area contributed by atoms with E-state index in [1.807, 2.05) is 17.9 Å². The van der Waals surface area contributed by atoms with Crippen molar-refractivity contribution in [2.24, 2.45) is 11.7 Å². The number of nitrogens with two attached hydrogens (primary N) is 1. The van der Waals surface area contributed by atoms with Crippen LogP contribution in [0.1, 0.15) is 37.1 Å². The topological polar surface area (TPSA) is 75.6 Å². The lowest BCUT2D eigenvalue weighted by molar-refractivity contribution is -0.138. The third-order valence-electron chi connectivity index (χ3n) is 4.81. The van der Waals surface area contributed by atoms with E-state index in [0.717, 1.165) is 69.9 Å². The van der Waals surface area contributed by atoms with Gasteiger partial charge in [-0.1, -0.05) is 11.6 Å². The monoisotopic (exact) mass is 306 g/mol. The van der Waals surface area contributed by atoms with Crippen LogP contribution in [0.15, 0.2) is 10.6 Å². The second-order valence-electron chi connectivity index (χ2n) is 6.65. The average Bonchev–Trinajstić information content (AvgIpc) is 2.92. The number of aromatic nitrogens is 1. The van der Waals surface area contributed by atoms with Crippen molar-refractivity contribution >= 4 is 5.91 Å². The van der Waals surface area contributed by atoms with E-state index in [9.17, 15) is 4.79 Å². The molecule has 1 aliphatic heterocycles. The van der Waals surface area contributed by atoms with Gasteiger partial charge < -0.3 is 15.2 Å². The number of amides is 1. The lowest BCUT2D eigenvalue weighted by Crippen LogP contribution is -2.51. The lowest BCUT2D eigenvalue weighted by atomic mass is 9.85. The number of rotatable bonds is 3. The maximum Gasteiger partial charge on any atom is 0.225 e. The summed E-state index contributed by atoms with van der Waals surface area (Å²) in [7, 11) is 0. The molecule has 22 heavy (non-hydrogen) atoms. The van der Waals surface area contributed by atoms with Crippen LogP contribution in [0.2, 0.25) is 0 Å². The first-order chi connectivity index (χ1) is 10.6. The molecule has 1 aromatic heterocycles. The summed E-state index contributed by atoms with van der Waals surface area (Å²) in [6.45, 7) is 6.12. The van der Waals surface area contributed by atoms with Gasteiger partial charge in [-0.2, -0.15) is 0 Å². The lowest BCUT2D eigenvalue weighted by Gasteiger charge is -2.37. The highest BCUT2D eigenvalue weighted by atomic mass is 16.5. The van der Waals surface area contributed by atoms with E-state index in [1.165, 1.54) is 0 Å². The van der Waals surface area contributed by atoms with E-state index < -0.39 is 0 Å².